The van der Waals surface area contributed by atoms with E-state index in [1.165, 1.54) is 6.20 Å². The summed E-state index contributed by atoms with van der Waals surface area (Å²) in [6, 6.07) is 10.2. The van der Waals surface area contributed by atoms with E-state index in [4.69, 9.17) is 0 Å². The molecule has 1 unspecified atom stereocenters. The fourth-order valence-electron chi connectivity index (χ4n) is 1.80. The standard InChI is InChI=1S/C15H15N3O3/c19-10-17-9-14(20)11-3-1-5-13(7-11)18-15(21)12-4-2-6-16-8-12/h1-8,10,14,20H,9H2,(H,17,19)(H,18,21). The van der Waals surface area contributed by atoms with Crippen LogP contribution in [0, 0.1) is 0 Å². The van der Waals surface area contributed by atoms with Crippen molar-refractivity contribution in [2.24, 2.45) is 0 Å². The normalized spacial score (nSPS) is 11.5. The van der Waals surface area contributed by atoms with Crippen LogP contribution in [0.1, 0.15) is 22.0 Å². The second-order valence-electron chi connectivity index (χ2n) is 4.36. The van der Waals surface area contributed by atoms with Gasteiger partial charge in [0.25, 0.3) is 5.91 Å². The van der Waals surface area contributed by atoms with Gasteiger partial charge in [0.1, 0.15) is 0 Å². The van der Waals surface area contributed by atoms with Crippen LogP contribution in [0.25, 0.3) is 0 Å². The highest BCUT2D eigenvalue weighted by molar-refractivity contribution is 6.04. The molecule has 1 aromatic carbocycles. The summed E-state index contributed by atoms with van der Waals surface area (Å²) in [7, 11) is 0. The molecule has 0 fully saturated rings. The predicted molar refractivity (Wildman–Crippen MR) is 77.7 cm³/mol. The summed E-state index contributed by atoms with van der Waals surface area (Å²) < 4.78 is 0. The number of aliphatic hydroxyl groups is 1. The number of pyridine rings is 1. The van der Waals surface area contributed by atoms with Gasteiger partial charge >= 0.3 is 0 Å². The van der Waals surface area contributed by atoms with Crippen LogP contribution in [0.4, 0.5) is 5.69 Å². The van der Waals surface area contributed by atoms with E-state index in [1.807, 2.05) is 0 Å². The van der Waals surface area contributed by atoms with E-state index in [0.717, 1.165) is 0 Å². The summed E-state index contributed by atoms with van der Waals surface area (Å²) in [5, 5.41) is 15.0. The molecular formula is C15H15N3O3. The summed E-state index contributed by atoms with van der Waals surface area (Å²) in [6.07, 6.45) is 2.76. The Balaban J connectivity index is 2.07. The number of anilines is 1. The lowest BCUT2D eigenvalue weighted by molar-refractivity contribution is -0.109. The maximum Gasteiger partial charge on any atom is 0.257 e. The van der Waals surface area contributed by atoms with Crippen LogP contribution in [0.2, 0.25) is 0 Å². The topological polar surface area (TPSA) is 91.3 Å². The van der Waals surface area contributed by atoms with Crippen LogP contribution in [0.5, 0.6) is 0 Å². The molecule has 2 amide bonds. The van der Waals surface area contributed by atoms with Crippen molar-refractivity contribution in [3.05, 3.63) is 59.9 Å². The van der Waals surface area contributed by atoms with Gasteiger partial charge in [-0.05, 0) is 29.8 Å². The zero-order chi connectivity index (χ0) is 15.1. The number of nitrogens with zero attached hydrogens (tertiary/aromatic N) is 1. The number of benzene rings is 1. The molecule has 2 rings (SSSR count). The fraction of sp³-hybridized carbons (Fsp3) is 0.133. The molecule has 2 aromatic rings. The van der Waals surface area contributed by atoms with Crippen molar-refractivity contribution < 1.29 is 14.7 Å². The Bertz CT molecular complexity index is 617. The smallest absolute Gasteiger partial charge is 0.257 e. The Morgan fingerprint density at radius 1 is 1.33 bits per heavy atom. The van der Waals surface area contributed by atoms with Crippen molar-refractivity contribution in [2.75, 3.05) is 11.9 Å². The van der Waals surface area contributed by atoms with E-state index in [2.05, 4.69) is 15.6 Å². The number of aromatic nitrogens is 1. The summed E-state index contributed by atoms with van der Waals surface area (Å²) in [4.78, 5) is 26.1. The number of rotatable bonds is 6. The first kappa shape index (κ1) is 14.7. The molecular weight excluding hydrogens is 270 g/mol. The van der Waals surface area contributed by atoms with Crippen LogP contribution >= 0.6 is 0 Å². The van der Waals surface area contributed by atoms with E-state index in [0.29, 0.717) is 23.2 Å². The molecule has 21 heavy (non-hydrogen) atoms. The Morgan fingerprint density at radius 3 is 2.90 bits per heavy atom. The van der Waals surface area contributed by atoms with Gasteiger partial charge in [0, 0.05) is 24.6 Å². The first-order chi connectivity index (χ1) is 10.2. The van der Waals surface area contributed by atoms with Gasteiger partial charge < -0.3 is 15.7 Å². The number of aliphatic hydroxyl groups excluding tert-OH is 1. The predicted octanol–water partition coefficient (Wildman–Crippen LogP) is 1.11. The highest BCUT2D eigenvalue weighted by Crippen LogP contribution is 2.17. The summed E-state index contributed by atoms with van der Waals surface area (Å²) >= 11 is 0. The van der Waals surface area contributed by atoms with Crippen molar-refractivity contribution >= 4 is 18.0 Å². The van der Waals surface area contributed by atoms with Crippen LogP contribution in [-0.4, -0.2) is 29.0 Å². The molecule has 0 saturated heterocycles. The molecule has 3 N–H and O–H groups in total. The number of hydrogen-bond donors (Lipinski definition) is 3. The second kappa shape index (κ2) is 7.16. The van der Waals surface area contributed by atoms with Crippen molar-refractivity contribution in [1.29, 1.82) is 0 Å². The molecule has 1 heterocycles. The van der Waals surface area contributed by atoms with Crippen LogP contribution in [-0.2, 0) is 4.79 Å². The third kappa shape index (κ3) is 4.12. The quantitative estimate of drug-likeness (QED) is 0.693. The molecule has 1 aromatic heterocycles. The van der Waals surface area contributed by atoms with E-state index < -0.39 is 6.10 Å². The molecule has 0 saturated carbocycles. The zero-order valence-electron chi connectivity index (χ0n) is 11.2. The average molecular weight is 285 g/mol. The molecule has 6 heteroatoms. The third-order valence-electron chi connectivity index (χ3n) is 2.85. The van der Waals surface area contributed by atoms with Gasteiger partial charge in [-0.25, -0.2) is 0 Å². The number of carbonyl (C=O) groups is 2. The van der Waals surface area contributed by atoms with Crippen LogP contribution in [0.3, 0.4) is 0 Å². The third-order valence-corrected chi connectivity index (χ3v) is 2.85. The lowest BCUT2D eigenvalue weighted by atomic mass is 10.1. The maximum atomic E-state index is 12.0. The molecule has 1 atom stereocenters. The summed E-state index contributed by atoms with van der Waals surface area (Å²) in [6.45, 7) is 0.115. The number of amides is 2. The van der Waals surface area contributed by atoms with Crippen LogP contribution in [0.15, 0.2) is 48.8 Å². The average Bonchev–Trinajstić information content (AvgIpc) is 2.53. The number of carbonyl (C=O) groups excluding carboxylic acids is 2. The van der Waals surface area contributed by atoms with E-state index in [9.17, 15) is 14.7 Å². The molecule has 0 aliphatic carbocycles. The molecule has 0 spiro atoms. The Labute approximate surface area is 121 Å². The highest BCUT2D eigenvalue weighted by Gasteiger charge is 2.09. The molecule has 0 aliphatic heterocycles. The van der Waals surface area contributed by atoms with E-state index in [-0.39, 0.29) is 12.5 Å². The van der Waals surface area contributed by atoms with Gasteiger partial charge in [-0.2, -0.15) is 0 Å². The van der Waals surface area contributed by atoms with Gasteiger partial charge in [-0.15, -0.1) is 0 Å². The minimum absolute atomic E-state index is 0.115. The highest BCUT2D eigenvalue weighted by atomic mass is 16.3. The summed E-state index contributed by atoms with van der Waals surface area (Å²) in [5.74, 6) is -0.277. The lowest BCUT2D eigenvalue weighted by Gasteiger charge is -2.12. The second-order valence-corrected chi connectivity index (χ2v) is 4.36. The van der Waals surface area contributed by atoms with Gasteiger partial charge in [0.15, 0.2) is 0 Å². The van der Waals surface area contributed by atoms with E-state index in [1.54, 1.807) is 42.6 Å². The first-order valence-electron chi connectivity index (χ1n) is 6.37. The van der Waals surface area contributed by atoms with Gasteiger partial charge in [-0.1, -0.05) is 12.1 Å². The molecule has 6 nitrogen and oxygen atoms in total. The van der Waals surface area contributed by atoms with Crippen molar-refractivity contribution in [3.8, 4) is 0 Å². The van der Waals surface area contributed by atoms with E-state index >= 15 is 0 Å². The Kier molecular flexibility index (Phi) is 5.00. The van der Waals surface area contributed by atoms with Crippen molar-refractivity contribution in [2.45, 2.75) is 6.10 Å². The van der Waals surface area contributed by atoms with Crippen LogP contribution < -0.4 is 10.6 Å². The maximum absolute atomic E-state index is 12.0. The van der Waals surface area contributed by atoms with Gasteiger partial charge in [0.2, 0.25) is 6.41 Å². The molecule has 0 radical (unpaired) electrons. The zero-order valence-corrected chi connectivity index (χ0v) is 11.2. The van der Waals surface area contributed by atoms with Gasteiger partial charge in [-0.3, -0.25) is 14.6 Å². The van der Waals surface area contributed by atoms with Gasteiger partial charge in [0.05, 0.1) is 11.7 Å². The van der Waals surface area contributed by atoms with Crippen molar-refractivity contribution in [1.82, 2.24) is 10.3 Å². The number of hydrogen-bond acceptors (Lipinski definition) is 4. The largest absolute Gasteiger partial charge is 0.387 e. The SMILES string of the molecule is O=CNCC(O)c1cccc(NC(=O)c2cccnc2)c1. The first-order valence-corrected chi connectivity index (χ1v) is 6.37. The number of nitrogens with one attached hydrogen (secondary N) is 2. The minimum Gasteiger partial charge on any atom is -0.387 e. The molecule has 0 aliphatic rings. The monoisotopic (exact) mass is 285 g/mol. The van der Waals surface area contributed by atoms with Crippen molar-refractivity contribution in [3.63, 3.8) is 0 Å². The molecule has 108 valence electrons. The Morgan fingerprint density at radius 2 is 2.19 bits per heavy atom. The fourth-order valence-corrected chi connectivity index (χ4v) is 1.80. The minimum atomic E-state index is -0.828. The summed E-state index contributed by atoms with van der Waals surface area (Å²) in [5.41, 5.74) is 1.62. The lowest BCUT2D eigenvalue weighted by Crippen LogP contribution is -2.19. The molecule has 0 bridgehead atoms. The Hall–Kier alpha value is -2.73.